The van der Waals surface area contributed by atoms with E-state index >= 15 is 0 Å². The lowest BCUT2D eigenvalue weighted by Gasteiger charge is -2.32. The van der Waals surface area contributed by atoms with Gasteiger partial charge in [0, 0.05) is 11.1 Å². The van der Waals surface area contributed by atoms with Gasteiger partial charge in [0.1, 0.15) is 13.2 Å². The molecule has 2 saturated heterocycles. The van der Waals surface area contributed by atoms with Crippen LogP contribution in [0.25, 0.3) is 0 Å². The van der Waals surface area contributed by atoms with Crippen molar-refractivity contribution in [3.63, 3.8) is 0 Å². The first-order valence-electron chi connectivity index (χ1n) is 12.9. The molecule has 0 bridgehead atoms. The molecule has 0 unspecified atom stereocenters. The van der Waals surface area contributed by atoms with Crippen LogP contribution < -0.4 is 10.9 Å². The zero-order chi connectivity index (χ0) is 27.7. The van der Waals surface area contributed by atoms with Crippen molar-refractivity contribution < 1.29 is 37.7 Å². The molecule has 8 nitrogen and oxygen atoms in total. The van der Waals surface area contributed by atoms with Crippen LogP contribution in [0, 0.1) is 0 Å². The van der Waals surface area contributed by atoms with Gasteiger partial charge in [0.05, 0.1) is 33.5 Å². The minimum Gasteiger partial charge on any atom is -0.457 e. The van der Waals surface area contributed by atoms with Gasteiger partial charge in [0.15, 0.2) is 0 Å². The molecule has 0 aromatic heterocycles. The molecule has 0 N–H and O–H groups in total. The van der Waals surface area contributed by atoms with E-state index in [-0.39, 0.29) is 34.3 Å². The topological polar surface area (TPSA) is 89.5 Å². The number of cyclic esters (lactones) is 2. The van der Waals surface area contributed by atoms with Crippen molar-refractivity contribution >= 4 is 37.1 Å². The van der Waals surface area contributed by atoms with Crippen LogP contribution in [0.15, 0.2) is 36.4 Å². The molecular weight excluding hydrogens is 486 g/mol. The summed E-state index contributed by atoms with van der Waals surface area (Å²) in [6, 6.07) is 11.2. The summed E-state index contributed by atoms with van der Waals surface area (Å²) in [7, 11) is -0.838. The summed E-state index contributed by atoms with van der Waals surface area (Å²) < 4.78 is 33.9. The normalized spacial score (nSPS) is 23.4. The molecule has 0 saturated carbocycles. The highest BCUT2D eigenvalue weighted by molar-refractivity contribution is 6.62. The summed E-state index contributed by atoms with van der Waals surface area (Å²) in [5, 5.41) is 0. The van der Waals surface area contributed by atoms with Crippen molar-refractivity contribution in [2.45, 2.75) is 91.0 Å². The van der Waals surface area contributed by atoms with E-state index in [0.717, 1.165) is 22.1 Å². The van der Waals surface area contributed by atoms with E-state index in [0.29, 0.717) is 24.3 Å². The molecule has 10 heteroatoms. The quantitative estimate of drug-likeness (QED) is 0.441. The Morgan fingerprint density at radius 2 is 0.974 bits per heavy atom. The Kier molecular flexibility index (Phi) is 6.34. The highest BCUT2D eigenvalue weighted by Gasteiger charge is 2.53. The fourth-order valence-corrected chi connectivity index (χ4v) is 4.54. The second-order valence-electron chi connectivity index (χ2n) is 12.2. The maximum atomic E-state index is 11.6. The van der Waals surface area contributed by atoms with Crippen molar-refractivity contribution in [3.05, 3.63) is 58.7 Å². The number of benzene rings is 2. The van der Waals surface area contributed by atoms with E-state index < -0.39 is 14.2 Å². The maximum absolute atomic E-state index is 11.6. The van der Waals surface area contributed by atoms with Crippen molar-refractivity contribution in [3.8, 4) is 0 Å². The Labute approximate surface area is 224 Å². The number of carbonyl (C=O) groups excluding carboxylic acids is 2. The molecule has 6 rings (SSSR count). The van der Waals surface area contributed by atoms with Gasteiger partial charge in [-0.3, -0.25) is 0 Å². The summed E-state index contributed by atoms with van der Waals surface area (Å²) in [6.45, 7) is 16.8. The lowest BCUT2D eigenvalue weighted by molar-refractivity contribution is 0.00578. The van der Waals surface area contributed by atoms with E-state index in [1.807, 2.05) is 85.7 Å². The summed E-state index contributed by atoms with van der Waals surface area (Å²) in [4.78, 5) is 23.0. The summed E-state index contributed by atoms with van der Waals surface area (Å²) >= 11 is 0. The third kappa shape index (κ3) is 4.57. The molecule has 2 aromatic carbocycles. The second kappa shape index (κ2) is 8.95. The molecule has 2 aromatic rings. The zero-order valence-corrected chi connectivity index (χ0v) is 23.3. The fourth-order valence-electron chi connectivity index (χ4n) is 4.54. The SMILES string of the molecule is CC1(C)OB(c2ccc3c(c2)C(=O)OC3)OC1(C)C.CC1(C)OB(c2ccc3c(c2)COC3=O)OC1(C)C. The fraction of sp³-hybridized carbons (Fsp3) is 0.500. The molecule has 0 aliphatic carbocycles. The van der Waals surface area contributed by atoms with Gasteiger partial charge in [0.2, 0.25) is 0 Å². The second-order valence-corrected chi connectivity index (χ2v) is 12.2. The predicted molar refractivity (Wildman–Crippen MR) is 143 cm³/mol. The first kappa shape index (κ1) is 26.9. The van der Waals surface area contributed by atoms with Crippen molar-refractivity contribution in [2.24, 2.45) is 0 Å². The maximum Gasteiger partial charge on any atom is 0.494 e. The van der Waals surface area contributed by atoms with E-state index in [1.165, 1.54) is 0 Å². The van der Waals surface area contributed by atoms with Gasteiger partial charge < -0.3 is 28.1 Å². The number of carbonyl (C=O) groups is 2. The number of esters is 2. The van der Waals surface area contributed by atoms with Crippen molar-refractivity contribution in [1.29, 1.82) is 0 Å². The van der Waals surface area contributed by atoms with Crippen LogP contribution in [-0.2, 0) is 41.3 Å². The first-order chi connectivity index (χ1) is 17.6. The Bertz CT molecular complexity index is 1270. The lowest BCUT2D eigenvalue weighted by Crippen LogP contribution is -2.41. The van der Waals surface area contributed by atoms with Crippen molar-refractivity contribution in [2.75, 3.05) is 0 Å². The van der Waals surface area contributed by atoms with Crippen molar-refractivity contribution in [1.82, 2.24) is 0 Å². The number of hydrogen-bond acceptors (Lipinski definition) is 8. The largest absolute Gasteiger partial charge is 0.494 e. The van der Waals surface area contributed by atoms with Crippen LogP contribution in [0.1, 0.15) is 87.2 Å². The standard InChI is InChI=1S/2C14H17BO4/c1-13(2)14(3,4)19-15(18-13)10-5-6-11-9(7-10)8-17-12(11)16;1-13(2)14(3,4)19-15(18-13)10-6-5-9-8-17-12(16)11(9)7-10/h2*5-7H,8H2,1-4H3. The van der Waals surface area contributed by atoms with Crippen LogP contribution in [0.4, 0.5) is 0 Å². The molecule has 2 fully saturated rings. The summed E-state index contributed by atoms with van der Waals surface area (Å²) in [5.41, 5.74) is 3.39. The number of hydrogen-bond donors (Lipinski definition) is 0. The lowest BCUT2D eigenvalue weighted by atomic mass is 9.78. The summed E-state index contributed by atoms with van der Waals surface area (Å²) in [6.07, 6.45) is 0. The van der Waals surface area contributed by atoms with E-state index in [2.05, 4.69) is 0 Å². The van der Waals surface area contributed by atoms with Crippen LogP contribution in [-0.4, -0.2) is 48.6 Å². The molecule has 0 atom stereocenters. The van der Waals surface area contributed by atoms with E-state index in [9.17, 15) is 9.59 Å². The van der Waals surface area contributed by atoms with Crippen LogP contribution in [0.5, 0.6) is 0 Å². The van der Waals surface area contributed by atoms with Gasteiger partial charge >= 0.3 is 26.2 Å². The Balaban J connectivity index is 0.000000155. The smallest absolute Gasteiger partial charge is 0.457 e. The van der Waals surface area contributed by atoms with Crippen LogP contribution in [0.2, 0.25) is 0 Å². The summed E-state index contributed by atoms with van der Waals surface area (Å²) in [5.74, 6) is -0.524. The van der Waals surface area contributed by atoms with E-state index in [1.54, 1.807) is 6.07 Å². The molecular formula is C28H34B2O8. The molecule has 4 aliphatic heterocycles. The van der Waals surface area contributed by atoms with Gasteiger partial charge in [0.25, 0.3) is 0 Å². The molecule has 200 valence electrons. The van der Waals surface area contributed by atoms with Crippen LogP contribution >= 0.6 is 0 Å². The predicted octanol–water partition coefficient (Wildman–Crippen LogP) is 3.31. The first-order valence-corrected chi connectivity index (χ1v) is 12.9. The average molecular weight is 520 g/mol. The molecule has 4 heterocycles. The van der Waals surface area contributed by atoms with Gasteiger partial charge in [-0.1, -0.05) is 24.3 Å². The minimum absolute atomic E-state index is 0.254. The zero-order valence-electron chi connectivity index (χ0n) is 23.3. The number of rotatable bonds is 2. The Hall–Kier alpha value is -2.65. The van der Waals surface area contributed by atoms with E-state index in [4.69, 9.17) is 28.1 Å². The van der Waals surface area contributed by atoms with Gasteiger partial charge in [-0.05, 0) is 78.4 Å². The Morgan fingerprint density at radius 1 is 0.553 bits per heavy atom. The van der Waals surface area contributed by atoms with Crippen LogP contribution in [0.3, 0.4) is 0 Å². The Morgan fingerprint density at radius 3 is 1.50 bits per heavy atom. The third-order valence-electron chi connectivity index (χ3n) is 8.47. The van der Waals surface area contributed by atoms with Gasteiger partial charge in [-0.2, -0.15) is 0 Å². The highest BCUT2D eigenvalue weighted by atomic mass is 16.7. The number of ether oxygens (including phenoxy) is 2. The monoisotopic (exact) mass is 520 g/mol. The third-order valence-corrected chi connectivity index (χ3v) is 8.47. The number of fused-ring (bicyclic) bond motifs is 2. The molecule has 0 amide bonds. The average Bonchev–Trinajstić information content (AvgIpc) is 3.51. The molecule has 4 aliphatic rings. The van der Waals surface area contributed by atoms with Gasteiger partial charge in [-0.25, -0.2) is 9.59 Å². The minimum atomic E-state index is -0.441. The highest BCUT2D eigenvalue weighted by Crippen LogP contribution is 2.37. The molecule has 0 spiro atoms. The molecule has 0 radical (unpaired) electrons. The molecule has 38 heavy (non-hydrogen) atoms. The van der Waals surface area contributed by atoms with Gasteiger partial charge in [-0.15, -0.1) is 0 Å².